The second kappa shape index (κ2) is 4.96. The van der Waals surface area contributed by atoms with E-state index in [2.05, 4.69) is 0 Å². The summed E-state index contributed by atoms with van der Waals surface area (Å²) in [6.45, 7) is 7.94. The number of halogens is 1. The Morgan fingerprint density at radius 3 is 2.65 bits per heavy atom. The molecule has 110 valence electrons. The highest BCUT2D eigenvalue weighted by atomic mass is 19.1. The van der Waals surface area contributed by atoms with Gasteiger partial charge in [-0.2, -0.15) is 0 Å². The average molecular weight is 281 g/mol. The number of rotatable bonds is 0. The molecule has 0 radical (unpaired) electrons. The van der Waals surface area contributed by atoms with Gasteiger partial charge in [-0.3, -0.25) is 0 Å². The lowest BCUT2D eigenvalue weighted by molar-refractivity contribution is 0.0222. The van der Waals surface area contributed by atoms with Crippen LogP contribution in [-0.4, -0.2) is 28.2 Å². The monoisotopic (exact) mass is 281 g/mol. The molecule has 2 rings (SSSR count). The first-order valence-electron chi connectivity index (χ1n) is 6.67. The van der Waals surface area contributed by atoms with E-state index >= 15 is 0 Å². The molecule has 1 amide bonds. The van der Waals surface area contributed by atoms with Gasteiger partial charge in [-0.15, -0.1) is 0 Å². The fourth-order valence-corrected chi connectivity index (χ4v) is 2.36. The predicted molar refractivity (Wildman–Crippen MR) is 73.1 cm³/mol. The quantitative estimate of drug-likeness (QED) is 0.795. The summed E-state index contributed by atoms with van der Waals surface area (Å²) in [5.74, 6) is -0.901. The van der Waals surface area contributed by atoms with E-state index in [4.69, 9.17) is 4.74 Å². The molecule has 0 saturated heterocycles. The molecule has 1 aliphatic heterocycles. The molecule has 20 heavy (non-hydrogen) atoms. The van der Waals surface area contributed by atoms with Gasteiger partial charge in [0.2, 0.25) is 0 Å². The number of amides is 1. The van der Waals surface area contributed by atoms with Crippen molar-refractivity contribution in [2.45, 2.75) is 46.3 Å². The number of carbonyl (C=O) groups is 1. The van der Waals surface area contributed by atoms with Crippen molar-refractivity contribution in [3.63, 3.8) is 0 Å². The smallest absolute Gasteiger partial charge is 0.410 e. The average Bonchev–Trinajstić information content (AvgIpc) is 2.33. The van der Waals surface area contributed by atoms with Crippen LogP contribution in [0.5, 0.6) is 5.75 Å². The number of hydrogen-bond donors (Lipinski definition) is 1. The molecule has 0 fully saturated rings. The second-order valence-corrected chi connectivity index (χ2v) is 6.14. The van der Waals surface area contributed by atoms with Gasteiger partial charge in [0.05, 0.1) is 0 Å². The van der Waals surface area contributed by atoms with Gasteiger partial charge in [0, 0.05) is 13.1 Å². The standard InChI is InChI=1S/C15H20FNO3/c1-9-7-12(18)13(16)10-5-6-17(8-11(9)10)14(19)20-15(2,3)4/h7,18H,5-6,8H2,1-4H3. The van der Waals surface area contributed by atoms with Crippen molar-refractivity contribution in [2.24, 2.45) is 0 Å². The largest absolute Gasteiger partial charge is 0.505 e. The second-order valence-electron chi connectivity index (χ2n) is 6.14. The fourth-order valence-electron chi connectivity index (χ4n) is 2.36. The number of phenols is 1. The minimum atomic E-state index is -0.575. The number of nitrogens with zero attached hydrogens (tertiary/aromatic N) is 1. The Morgan fingerprint density at radius 1 is 1.40 bits per heavy atom. The number of fused-ring (bicyclic) bond motifs is 1. The summed E-state index contributed by atoms with van der Waals surface area (Å²) in [7, 11) is 0. The zero-order valence-electron chi connectivity index (χ0n) is 12.3. The summed E-state index contributed by atoms with van der Waals surface area (Å²) in [4.78, 5) is 13.6. The van der Waals surface area contributed by atoms with Crippen molar-refractivity contribution >= 4 is 6.09 Å². The van der Waals surface area contributed by atoms with E-state index in [0.29, 0.717) is 25.1 Å². The van der Waals surface area contributed by atoms with Crippen LogP contribution >= 0.6 is 0 Å². The van der Waals surface area contributed by atoms with Crippen molar-refractivity contribution in [1.29, 1.82) is 0 Å². The molecule has 0 spiro atoms. The van der Waals surface area contributed by atoms with E-state index in [0.717, 1.165) is 11.1 Å². The molecule has 0 aromatic heterocycles. The van der Waals surface area contributed by atoms with Gasteiger partial charge in [-0.05, 0) is 56.9 Å². The normalized spacial score (nSPS) is 14.9. The molecule has 1 aliphatic rings. The molecular formula is C15H20FNO3. The zero-order chi connectivity index (χ0) is 15.1. The van der Waals surface area contributed by atoms with Crippen LogP contribution < -0.4 is 0 Å². The van der Waals surface area contributed by atoms with Gasteiger partial charge < -0.3 is 14.7 Å². The molecule has 1 N–H and O–H groups in total. The summed E-state index contributed by atoms with van der Waals surface area (Å²) < 4.78 is 19.2. The third-order valence-corrected chi connectivity index (χ3v) is 3.32. The lowest BCUT2D eigenvalue weighted by atomic mass is 9.94. The molecule has 0 unspecified atom stereocenters. The maximum absolute atomic E-state index is 13.9. The third-order valence-electron chi connectivity index (χ3n) is 3.32. The Hall–Kier alpha value is -1.78. The van der Waals surface area contributed by atoms with Crippen molar-refractivity contribution in [1.82, 2.24) is 4.90 Å². The SMILES string of the molecule is Cc1cc(O)c(F)c2c1CN(C(=O)OC(C)(C)C)CC2. The Kier molecular flexibility index (Phi) is 3.63. The van der Waals surface area contributed by atoms with Crippen LogP contribution in [0.25, 0.3) is 0 Å². The van der Waals surface area contributed by atoms with E-state index in [9.17, 15) is 14.3 Å². The number of benzene rings is 1. The first-order chi connectivity index (χ1) is 9.19. The van der Waals surface area contributed by atoms with E-state index in [1.165, 1.54) is 6.07 Å². The van der Waals surface area contributed by atoms with Crippen LogP contribution in [-0.2, 0) is 17.7 Å². The van der Waals surface area contributed by atoms with E-state index in [1.807, 2.05) is 20.8 Å². The summed E-state index contributed by atoms with van der Waals surface area (Å²) >= 11 is 0. The van der Waals surface area contributed by atoms with E-state index in [-0.39, 0.29) is 5.75 Å². The topological polar surface area (TPSA) is 49.8 Å². The number of hydrogen-bond acceptors (Lipinski definition) is 3. The molecule has 0 atom stereocenters. The van der Waals surface area contributed by atoms with Gasteiger partial charge in [0.25, 0.3) is 0 Å². The lowest BCUT2D eigenvalue weighted by Gasteiger charge is -2.32. The Balaban J connectivity index is 2.24. The van der Waals surface area contributed by atoms with E-state index in [1.54, 1.807) is 11.8 Å². The van der Waals surface area contributed by atoms with Gasteiger partial charge >= 0.3 is 6.09 Å². The molecule has 1 aromatic carbocycles. The fraction of sp³-hybridized carbons (Fsp3) is 0.533. The van der Waals surface area contributed by atoms with E-state index < -0.39 is 17.5 Å². The number of aryl methyl sites for hydroxylation is 1. The van der Waals surface area contributed by atoms with Crippen LogP contribution in [0.15, 0.2) is 6.07 Å². The lowest BCUT2D eigenvalue weighted by Crippen LogP contribution is -2.40. The van der Waals surface area contributed by atoms with Crippen molar-refractivity contribution in [2.75, 3.05) is 6.54 Å². The molecule has 5 heteroatoms. The number of aromatic hydroxyl groups is 1. The minimum absolute atomic E-state index is 0.313. The molecule has 1 heterocycles. The van der Waals surface area contributed by atoms with Gasteiger partial charge in [0.15, 0.2) is 11.6 Å². The predicted octanol–water partition coefficient (Wildman–Crippen LogP) is 3.13. The molecule has 0 saturated carbocycles. The molecule has 0 aliphatic carbocycles. The van der Waals surface area contributed by atoms with Crippen LogP contribution in [0, 0.1) is 12.7 Å². The zero-order valence-corrected chi connectivity index (χ0v) is 12.3. The Labute approximate surface area is 118 Å². The number of ether oxygens (including phenoxy) is 1. The summed E-state index contributed by atoms with van der Waals surface area (Å²) in [6.07, 6.45) is -0.00799. The number of carbonyl (C=O) groups excluding carboxylic acids is 1. The van der Waals surface area contributed by atoms with Crippen LogP contribution in [0.2, 0.25) is 0 Å². The van der Waals surface area contributed by atoms with Gasteiger partial charge in [0.1, 0.15) is 5.60 Å². The Bertz CT molecular complexity index is 549. The highest BCUT2D eigenvalue weighted by molar-refractivity contribution is 5.69. The number of phenolic OH excluding ortho intramolecular Hbond substituents is 1. The van der Waals surface area contributed by atoms with Crippen LogP contribution in [0.3, 0.4) is 0 Å². The summed E-state index contributed by atoms with van der Waals surface area (Å²) in [6, 6.07) is 1.40. The van der Waals surface area contributed by atoms with Crippen molar-refractivity contribution in [3.05, 3.63) is 28.6 Å². The molecule has 0 bridgehead atoms. The van der Waals surface area contributed by atoms with Crippen molar-refractivity contribution < 1.29 is 19.0 Å². The molecule has 4 nitrogen and oxygen atoms in total. The summed E-state index contributed by atoms with van der Waals surface area (Å²) in [5.41, 5.74) is 1.50. The Morgan fingerprint density at radius 2 is 2.05 bits per heavy atom. The maximum atomic E-state index is 13.9. The minimum Gasteiger partial charge on any atom is -0.505 e. The highest BCUT2D eigenvalue weighted by Gasteiger charge is 2.28. The molecule has 1 aromatic rings. The molecular weight excluding hydrogens is 261 g/mol. The van der Waals surface area contributed by atoms with Crippen molar-refractivity contribution in [3.8, 4) is 5.75 Å². The highest BCUT2D eigenvalue weighted by Crippen LogP contribution is 2.31. The van der Waals surface area contributed by atoms with Gasteiger partial charge in [-0.25, -0.2) is 9.18 Å². The van der Waals surface area contributed by atoms with Gasteiger partial charge in [-0.1, -0.05) is 0 Å². The first kappa shape index (κ1) is 14.6. The van der Waals surface area contributed by atoms with Crippen LogP contribution in [0.1, 0.15) is 37.5 Å². The maximum Gasteiger partial charge on any atom is 0.410 e. The summed E-state index contributed by atoms with van der Waals surface area (Å²) in [5, 5.41) is 9.50. The van der Waals surface area contributed by atoms with Crippen LogP contribution in [0.4, 0.5) is 9.18 Å². The third kappa shape index (κ3) is 2.86. The first-order valence-corrected chi connectivity index (χ1v) is 6.67.